The fraction of sp³-hybridized carbons (Fsp3) is 0.688. The molecular weight excluding hydrogens is 584 g/mol. The van der Waals surface area contributed by atoms with E-state index < -0.39 is 42.0 Å². The van der Waals surface area contributed by atoms with Gasteiger partial charge in [-0.15, -0.1) is 0 Å². The molecule has 11 nitrogen and oxygen atoms in total. The molecule has 1 aromatic carbocycles. The fourth-order valence-corrected chi connectivity index (χ4v) is 6.30. The molecule has 1 aromatic rings. The van der Waals surface area contributed by atoms with Crippen LogP contribution >= 0.6 is 11.8 Å². The Hall–Kier alpha value is -2.83. The van der Waals surface area contributed by atoms with Gasteiger partial charge in [-0.3, -0.25) is 9.59 Å². The van der Waals surface area contributed by atoms with E-state index in [1.54, 1.807) is 18.7 Å². The SMILES string of the molecule is COC(C(=O)OC(C)C)C(CC1CCCCC1)NC(=O)[C@H](CSC)NC(=O)C(Cc1ccccc1)NC(=O)N1CCOCC1. The summed E-state index contributed by atoms with van der Waals surface area (Å²) >= 11 is 1.42. The molecule has 1 heterocycles. The largest absolute Gasteiger partial charge is 0.461 e. The minimum absolute atomic E-state index is 0.257. The van der Waals surface area contributed by atoms with Crippen molar-refractivity contribution in [1.82, 2.24) is 20.9 Å². The van der Waals surface area contributed by atoms with E-state index in [1.807, 2.05) is 36.6 Å². The minimum Gasteiger partial charge on any atom is -0.461 e. The summed E-state index contributed by atoms with van der Waals surface area (Å²) in [4.78, 5) is 55.2. The predicted octanol–water partition coefficient (Wildman–Crippen LogP) is 2.91. The number of carbonyl (C=O) groups excluding carboxylic acids is 4. The number of morpholine rings is 1. The Morgan fingerprint density at radius 1 is 0.955 bits per heavy atom. The standard InChI is InChI=1S/C32H50N4O7S/c1-22(2)43-31(39)28(41-3)25(19-23-11-7-5-8-12-23)33-30(38)27(21-44-4)34-29(37)26(20-24-13-9-6-10-14-24)35-32(40)36-15-17-42-18-16-36/h6,9-10,13-14,22-23,25-28H,5,7-8,11-12,15-21H2,1-4H3,(H,33,38)(H,34,37)(H,35,40)/t25?,26?,27-,28?/m0/s1. The molecule has 4 atom stereocenters. The van der Waals surface area contributed by atoms with Crippen molar-refractivity contribution < 1.29 is 33.4 Å². The molecule has 12 heteroatoms. The highest BCUT2D eigenvalue weighted by Gasteiger charge is 2.36. The smallest absolute Gasteiger partial charge is 0.337 e. The Kier molecular flexibility index (Phi) is 15.3. The summed E-state index contributed by atoms with van der Waals surface area (Å²) in [6.45, 7) is 5.29. The zero-order chi connectivity index (χ0) is 31.9. The van der Waals surface area contributed by atoms with E-state index in [0.717, 1.165) is 31.2 Å². The van der Waals surface area contributed by atoms with Crippen molar-refractivity contribution >= 4 is 35.6 Å². The zero-order valence-electron chi connectivity index (χ0n) is 26.5. The van der Waals surface area contributed by atoms with Gasteiger partial charge in [-0.25, -0.2) is 9.59 Å². The second-order valence-electron chi connectivity index (χ2n) is 11.8. The summed E-state index contributed by atoms with van der Waals surface area (Å²) in [6.07, 6.45) is 6.84. The third-order valence-electron chi connectivity index (χ3n) is 8.00. The fourth-order valence-electron chi connectivity index (χ4n) is 5.74. The Morgan fingerprint density at radius 3 is 2.23 bits per heavy atom. The summed E-state index contributed by atoms with van der Waals surface area (Å²) in [5.74, 6) is -0.750. The van der Waals surface area contributed by atoms with E-state index in [0.29, 0.717) is 44.4 Å². The van der Waals surface area contributed by atoms with Crippen molar-refractivity contribution in [3.63, 3.8) is 0 Å². The third-order valence-corrected chi connectivity index (χ3v) is 8.67. The van der Waals surface area contributed by atoms with E-state index in [4.69, 9.17) is 14.2 Å². The van der Waals surface area contributed by atoms with Gasteiger partial charge >= 0.3 is 12.0 Å². The number of hydrogen-bond donors (Lipinski definition) is 3. The van der Waals surface area contributed by atoms with Crippen LogP contribution in [0.2, 0.25) is 0 Å². The van der Waals surface area contributed by atoms with Crippen molar-refractivity contribution in [2.24, 2.45) is 5.92 Å². The molecule has 44 heavy (non-hydrogen) atoms. The van der Waals surface area contributed by atoms with Gasteiger partial charge in [0.2, 0.25) is 11.8 Å². The molecule has 2 aliphatic rings. The topological polar surface area (TPSA) is 135 Å². The molecule has 1 saturated carbocycles. The van der Waals surface area contributed by atoms with Gasteiger partial charge in [-0.1, -0.05) is 62.4 Å². The van der Waals surface area contributed by atoms with E-state index in [2.05, 4.69) is 16.0 Å². The summed E-state index contributed by atoms with van der Waals surface area (Å²) in [6, 6.07) is 6.65. The van der Waals surface area contributed by atoms with E-state index >= 15 is 0 Å². The van der Waals surface area contributed by atoms with Crippen LogP contribution in [0, 0.1) is 5.92 Å². The van der Waals surface area contributed by atoms with Gasteiger partial charge < -0.3 is 35.1 Å². The van der Waals surface area contributed by atoms with Crippen LogP contribution in [0.3, 0.4) is 0 Å². The lowest BCUT2D eigenvalue weighted by Crippen LogP contribution is -2.59. The molecule has 3 rings (SSSR count). The average Bonchev–Trinajstić information content (AvgIpc) is 3.01. The first kappa shape index (κ1) is 35.6. The number of carbonyl (C=O) groups is 4. The highest BCUT2D eigenvalue weighted by molar-refractivity contribution is 7.98. The van der Waals surface area contributed by atoms with Crippen molar-refractivity contribution in [2.45, 2.75) is 89.1 Å². The molecule has 1 aliphatic heterocycles. The number of rotatable bonds is 15. The third kappa shape index (κ3) is 11.6. The van der Waals surface area contributed by atoms with Crippen molar-refractivity contribution in [2.75, 3.05) is 45.4 Å². The van der Waals surface area contributed by atoms with Crippen molar-refractivity contribution in [1.29, 1.82) is 0 Å². The number of methoxy groups -OCH3 is 1. The Balaban J connectivity index is 1.77. The maximum absolute atomic E-state index is 13.8. The number of nitrogens with one attached hydrogen (secondary N) is 3. The summed E-state index contributed by atoms with van der Waals surface area (Å²) in [5.41, 5.74) is 0.875. The Labute approximate surface area is 265 Å². The minimum atomic E-state index is -0.979. The summed E-state index contributed by atoms with van der Waals surface area (Å²) in [7, 11) is 1.44. The van der Waals surface area contributed by atoms with Gasteiger partial charge in [0.1, 0.15) is 12.1 Å². The molecule has 0 bridgehead atoms. The number of thioether (sulfide) groups is 1. The molecule has 4 amide bonds. The number of hydrogen-bond acceptors (Lipinski definition) is 8. The predicted molar refractivity (Wildman–Crippen MR) is 170 cm³/mol. The van der Waals surface area contributed by atoms with Gasteiger partial charge in [0.15, 0.2) is 6.10 Å². The summed E-state index contributed by atoms with van der Waals surface area (Å²) in [5, 5.41) is 8.80. The molecule has 0 radical (unpaired) electrons. The molecule has 1 saturated heterocycles. The van der Waals surface area contributed by atoms with Crippen LogP contribution in [0.25, 0.3) is 0 Å². The van der Waals surface area contributed by atoms with E-state index in [9.17, 15) is 19.2 Å². The van der Waals surface area contributed by atoms with Crippen molar-refractivity contribution in [3.05, 3.63) is 35.9 Å². The molecular formula is C32H50N4O7S. The molecule has 0 aromatic heterocycles. The van der Waals surface area contributed by atoms with Crippen LogP contribution in [0.5, 0.6) is 0 Å². The molecule has 3 unspecified atom stereocenters. The summed E-state index contributed by atoms with van der Waals surface area (Å²) < 4.78 is 16.4. The van der Waals surface area contributed by atoms with Crippen molar-refractivity contribution in [3.8, 4) is 0 Å². The lowest BCUT2D eigenvalue weighted by Gasteiger charge is -2.32. The van der Waals surface area contributed by atoms with Gasteiger partial charge in [0, 0.05) is 32.4 Å². The van der Waals surface area contributed by atoms with Crippen LogP contribution < -0.4 is 16.0 Å². The number of ether oxygens (including phenoxy) is 3. The number of esters is 1. The van der Waals surface area contributed by atoms with Gasteiger partial charge in [-0.2, -0.15) is 11.8 Å². The highest BCUT2D eigenvalue weighted by atomic mass is 32.2. The first-order valence-electron chi connectivity index (χ1n) is 15.7. The zero-order valence-corrected chi connectivity index (χ0v) is 27.4. The van der Waals surface area contributed by atoms with Gasteiger partial charge in [-0.05, 0) is 38.0 Å². The highest BCUT2D eigenvalue weighted by Crippen LogP contribution is 2.28. The quantitative estimate of drug-likeness (QED) is 0.251. The molecule has 3 N–H and O–H groups in total. The molecule has 2 fully saturated rings. The van der Waals surface area contributed by atoms with Gasteiger partial charge in [0.25, 0.3) is 0 Å². The molecule has 1 aliphatic carbocycles. The number of nitrogens with zero attached hydrogens (tertiary/aromatic N) is 1. The average molecular weight is 635 g/mol. The number of amides is 4. The molecule has 246 valence electrons. The van der Waals surface area contributed by atoms with E-state index in [1.165, 1.54) is 25.3 Å². The second kappa shape index (κ2) is 18.9. The number of benzene rings is 1. The van der Waals surface area contributed by atoms with Crippen LogP contribution in [-0.4, -0.2) is 104 Å². The Morgan fingerprint density at radius 2 is 1.61 bits per heavy atom. The molecule has 0 spiro atoms. The van der Waals surface area contributed by atoms with Crippen LogP contribution in [-0.2, 0) is 35.0 Å². The van der Waals surface area contributed by atoms with Crippen LogP contribution in [0.15, 0.2) is 30.3 Å². The lowest BCUT2D eigenvalue weighted by molar-refractivity contribution is -0.162. The first-order chi connectivity index (χ1) is 21.2. The maximum Gasteiger partial charge on any atom is 0.337 e. The second-order valence-corrected chi connectivity index (χ2v) is 12.7. The number of urea groups is 1. The first-order valence-corrected chi connectivity index (χ1v) is 17.1. The Bertz CT molecular complexity index is 1050. The van der Waals surface area contributed by atoms with Crippen LogP contribution in [0.4, 0.5) is 4.79 Å². The maximum atomic E-state index is 13.8. The normalized spacial score (nSPS) is 18.5. The van der Waals surface area contributed by atoms with Crippen LogP contribution in [0.1, 0.15) is 57.9 Å². The van der Waals surface area contributed by atoms with E-state index in [-0.39, 0.29) is 18.6 Å². The monoisotopic (exact) mass is 634 g/mol. The lowest BCUT2D eigenvalue weighted by atomic mass is 9.83. The van der Waals surface area contributed by atoms with Gasteiger partial charge in [0.05, 0.1) is 25.4 Å².